The van der Waals surface area contributed by atoms with Gasteiger partial charge in [-0.1, -0.05) is 12.1 Å². The highest BCUT2D eigenvalue weighted by Crippen LogP contribution is 2.38. The number of methoxy groups -OCH3 is 1. The molecule has 0 aromatic heterocycles. The molecule has 2 N–H and O–H groups in total. The van der Waals surface area contributed by atoms with E-state index < -0.39 is 6.04 Å². The molecule has 0 unspecified atom stereocenters. The van der Waals surface area contributed by atoms with Gasteiger partial charge in [-0.2, -0.15) is 0 Å². The van der Waals surface area contributed by atoms with Crippen LogP contribution >= 0.6 is 0 Å². The number of halogens is 1. The fourth-order valence-electron chi connectivity index (χ4n) is 2.58. The van der Waals surface area contributed by atoms with E-state index in [0.717, 1.165) is 5.56 Å². The van der Waals surface area contributed by atoms with E-state index in [9.17, 15) is 9.18 Å². The van der Waals surface area contributed by atoms with Crippen LogP contribution in [0.2, 0.25) is 0 Å². The molecule has 2 aromatic rings. The van der Waals surface area contributed by atoms with Gasteiger partial charge in [-0.3, -0.25) is 4.79 Å². The summed E-state index contributed by atoms with van der Waals surface area (Å²) in [7, 11) is 1.59. The van der Waals surface area contributed by atoms with Crippen molar-refractivity contribution in [1.82, 2.24) is 0 Å². The molecule has 0 radical (unpaired) electrons. The second-order valence-corrected chi connectivity index (χ2v) is 4.93. The molecule has 21 heavy (non-hydrogen) atoms. The van der Waals surface area contributed by atoms with Crippen LogP contribution in [0.15, 0.2) is 48.5 Å². The van der Waals surface area contributed by atoms with Crippen molar-refractivity contribution in [1.29, 1.82) is 0 Å². The van der Waals surface area contributed by atoms with Gasteiger partial charge in [0.1, 0.15) is 17.6 Å². The molecule has 5 heteroatoms. The molecular weight excluding hydrogens is 271 g/mol. The third kappa shape index (κ3) is 2.25. The fourth-order valence-corrected chi connectivity index (χ4v) is 2.58. The smallest absolute Gasteiger partial charge is 0.247 e. The number of nitrogens with zero attached hydrogens (tertiary/aromatic N) is 1. The van der Waals surface area contributed by atoms with Crippen molar-refractivity contribution in [3.8, 4) is 5.75 Å². The minimum absolute atomic E-state index is 0.172. The predicted molar refractivity (Wildman–Crippen MR) is 77.6 cm³/mol. The lowest BCUT2D eigenvalue weighted by Gasteiger charge is -2.45. The van der Waals surface area contributed by atoms with Crippen LogP contribution in [0, 0.1) is 5.82 Å². The van der Waals surface area contributed by atoms with Crippen molar-refractivity contribution in [2.45, 2.75) is 12.1 Å². The third-order valence-electron chi connectivity index (χ3n) is 3.68. The maximum atomic E-state index is 13.0. The Hall–Kier alpha value is -2.40. The van der Waals surface area contributed by atoms with Gasteiger partial charge in [0.25, 0.3) is 0 Å². The Morgan fingerprint density at radius 2 is 1.90 bits per heavy atom. The SMILES string of the molecule is COc1cccc([C@H]2[C@H](N)C(=O)N2c2ccc(F)cc2)c1. The molecule has 0 spiro atoms. The Kier molecular flexibility index (Phi) is 3.35. The Morgan fingerprint density at radius 3 is 2.57 bits per heavy atom. The number of benzene rings is 2. The summed E-state index contributed by atoms with van der Waals surface area (Å²) in [5.74, 6) is 0.196. The first kappa shape index (κ1) is 13.6. The van der Waals surface area contributed by atoms with Crippen molar-refractivity contribution in [2.24, 2.45) is 5.73 Å². The molecule has 108 valence electrons. The Balaban J connectivity index is 1.96. The van der Waals surface area contributed by atoms with Gasteiger partial charge < -0.3 is 15.4 Å². The van der Waals surface area contributed by atoms with Gasteiger partial charge in [-0.25, -0.2) is 4.39 Å². The highest BCUT2D eigenvalue weighted by atomic mass is 19.1. The molecule has 0 saturated carbocycles. The number of nitrogens with two attached hydrogens (primary N) is 1. The molecule has 0 aliphatic carbocycles. The van der Waals surface area contributed by atoms with E-state index in [0.29, 0.717) is 11.4 Å². The van der Waals surface area contributed by atoms with E-state index in [1.165, 1.54) is 12.1 Å². The highest BCUT2D eigenvalue weighted by molar-refractivity contribution is 6.05. The standard InChI is InChI=1S/C16H15FN2O2/c1-21-13-4-2-3-10(9-13)15-14(18)16(20)19(15)12-7-5-11(17)6-8-12/h2-9,14-15H,18H2,1H3/t14-,15-/m0/s1. The van der Waals surface area contributed by atoms with Crippen LogP contribution in [0.5, 0.6) is 5.75 Å². The quantitative estimate of drug-likeness (QED) is 0.880. The number of anilines is 1. The largest absolute Gasteiger partial charge is 0.497 e. The van der Waals surface area contributed by atoms with Gasteiger partial charge in [0.15, 0.2) is 0 Å². The predicted octanol–water partition coefficient (Wildman–Crippen LogP) is 2.25. The summed E-state index contributed by atoms with van der Waals surface area (Å²) in [6, 6.07) is 12.4. The second kappa shape index (κ2) is 5.18. The van der Waals surface area contributed by atoms with Gasteiger partial charge in [0, 0.05) is 5.69 Å². The van der Waals surface area contributed by atoms with Crippen molar-refractivity contribution >= 4 is 11.6 Å². The molecule has 1 fully saturated rings. The Bertz CT molecular complexity index is 672. The second-order valence-electron chi connectivity index (χ2n) is 4.93. The average Bonchev–Trinajstić information content (AvgIpc) is 2.52. The van der Waals surface area contributed by atoms with Crippen LogP contribution in [0.4, 0.5) is 10.1 Å². The normalized spacial score (nSPS) is 21.1. The number of β-lactam (4-membered cyclic amide) rings is 1. The maximum Gasteiger partial charge on any atom is 0.247 e. The lowest BCUT2D eigenvalue weighted by molar-refractivity contribution is -0.126. The molecule has 2 atom stereocenters. The molecule has 1 aliphatic heterocycles. The lowest BCUT2D eigenvalue weighted by atomic mass is 9.88. The van der Waals surface area contributed by atoms with Gasteiger partial charge in [-0.15, -0.1) is 0 Å². The van der Waals surface area contributed by atoms with Gasteiger partial charge >= 0.3 is 0 Å². The average molecular weight is 286 g/mol. The highest BCUT2D eigenvalue weighted by Gasteiger charge is 2.46. The van der Waals surface area contributed by atoms with E-state index in [1.807, 2.05) is 24.3 Å². The molecule has 1 heterocycles. The summed E-state index contributed by atoms with van der Waals surface area (Å²) >= 11 is 0. The first-order chi connectivity index (χ1) is 10.1. The minimum Gasteiger partial charge on any atom is -0.497 e. The first-order valence-corrected chi connectivity index (χ1v) is 6.60. The Labute approximate surface area is 121 Å². The molecule has 2 aromatic carbocycles. The number of ether oxygens (including phenoxy) is 1. The van der Waals surface area contributed by atoms with Crippen molar-refractivity contribution < 1.29 is 13.9 Å². The van der Waals surface area contributed by atoms with Crippen LogP contribution in [-0.4, -0.2) is 19.1 Å². The monoisotopic (exact) mass is 286 g/mol. The molecule has 1 saturated heterocycles. The van der Waals surface area contributed by atoms with Gasteiger partial charge in [0.2, 0.25) is 5.91 Å². The van der Waals surface area contributed by atoms with Crippen LogP contribution < -0.4 is 15.4 Å². The van der Waals surface area contributed by atoms with Crippen LogP contribution in [0.25, 0.3) is 0 Å². The third-order valence-corrected chi connectivity index (χ3v) is 3.68. The minimum atomic E-state index is -0.595. The molecular formula is C16H15FN2O2. The van der Waals surface area contributed by atoms with Gasteiger partial charge in [0.05, 0.1) is 13.2 Å². The number of carbonyl (C=O) groups excluding carboxylic acids is 1. The molecule has 1 amide bonds. The fraction of sp³-hybridized carbons (Fsp3) is 0.188. The van der Waals surface area contributed by atoms with Crippen molar-refractivity contribution in [2.75, 3.05) is 12.0 Å². The summed E-state index contributed by atoms with van der Waals surface area (Å²) in [5.41, 5.74) is 7.47. The van der Waals surface area contributed by atoms with Gasteiger partial charge in [-0.05, 0) is 42.0 Å². The maximum absolute atomic E-state index is 13.0. The van der Waals surface area contributed by atoms with Crippen molar-refractivity contribution in [3.63, 3.8) is 0 Å². The number of amides is 1. The number of carbonyl (C=O) groups is 1. The summed E-state index contributed by atoms with van der Waals surface area (Å²) in [6.45, 7) is 0. The van der Waals surface area contributed by atoms with Crippen LogP contribution in [0.3, 0.4) is 0 Å². The summed E-state index contributed by atoms with van der Waals surface area (Å²) in [5, 5.41) is 0. The summed E-state index contributed by atoms with van der Waals surface area (Å²) in [6.07, 6.45) is 0. The number of hydrogen-bond acceptors (Lipinski definition) is 3. The van der Waals surface area contributed by atoms with Crippen molar-refractivity contribution in [3.05, 3.63) is 59.9 Å². The van der Waals surface area contributed by atoms with Crippen LogP contribution in [0.1, 0.15) is 11.6 Å². The first-order valence-electron chi connectivity index (χ1n) is 6.60. The zero-order chi connectivity index (χ0) is 15.0. The molecule has 0 bridgehead atoms. The van der Waals surface area contributed by atoms with E-state index in [1.54, 1.807) is 24.1 Å². The Morgan fingerprint density at radius 1 is 1.19 bits per heavy atom. The van der Waals surface area contributed by atoms with E-state index >= 15 is 0 Å². The summed E-state index contributed by atoms with van der Waals surface area (Å²) < 4.78 is 18.2. The number of hydrogen-bond donors (Lipinski definition) is 1. The zero-order valence-corrected chi connectivity index (χ0v) is 11.5. The summed E-state index contributed by atoms with van der Waals surface area (Å²) in [4.78, 5) is 13.6. The lowest BCUT2D eigenvalue weighted by Crippen LogP contribution is -2.63. The van der Waals surface area contributed by atoms with E-state index in [-0.39, 0.29) is 17.8 Å². The van der Waals surface area contributed by atoms with Crippen LogP contribution in [-0.2, 0) is 4.79 Å². The number of rotatable bonds is 3. The molecule has 1 aliphatic rings. The molecule has 3 rings (SSSR count). The topological polar surface area (TPSA) is 55.6 Å². The molecule has 4 nitrogen and oxygen atoms in total. The zero-order valence-electron chi connectivity index (χ0n) is 11.5. The van der Waals surface area contributed by atoms with E-state index in [2.05, 4.69) is 0 Å². The van der Waals surface area contributed by atoms with E-state index in [4.69, 9.17) is 10.5 Å².